The molecule has 0 unspecified atom stereocenters. The molecule has 0 saturated carbocycles. The van der Waals surface area contributed by atoms with Gasteiger partial charge < -0.3 is 0 Å². The maximum Gasteiger partial charge on any atom is 0.418 e. The Morgan fingerprint density at radius 3 is 0.509 bits per heavy atom. The molecule has 0 atom stereocenters. The monoisotopic (exact) mass is 1510 g/mol. The molecule has 108 heavy (non-hydrogen) atoms. The molecule has 6 aromatic carbocycles. The molecule has 528 valence electrons. The fourth-order valence-corrected chi connectivity index (χ4v) is 10.4. The quantitative estimate of drug-likeness (QED) is 0.148. The molecule has 0 bridgehead atoms. The van der Waals surface area contributed by atoms with Crippen molar-refractivity contribution in [2.45, 2.75) is 49.4 Å². The number of benzene rings is 6. The number of nitrogens with zero attached hydrogens (tertiary/aromatic N) is 18. The van der Waals surface area contributed by atoms with E-state index in [0.717, 1.165) is 97.1 Å². The summed E-state index contributed by atoms with van der Waals surface area (Å²) in [7, 11) is 0. The number of rotatable bonds is 4. The minimum atomic E-state index is -5.88. The maximum absolute atomic E-state index is 14.4. The van der Waals surface area contributed by atoms with Gasteiger partial charge >= 0.3 is 49.4 Å². The predicted octanol–water partition coefficient (Wildman–Crippen LogP) is 12.6. The van der Waals surface area contributed by atoms with E-state index < -0.39 is 261 Å². The van der Waals surface area contributed by atoms with Crippen LogP contribution in [-0.4, -0.2) is 0 Å². The van der Waals surface area contributed by atoms with Gasteiger partial charge in [0.2, 0.25) is 0 Å². The Balaban J connectivity index is 0.000000387. The Bertz CT molecular complexity index is 5790. The third-order valence-corrected chi connectivity index (χ3v) is 14.5. The molecule has 42 heteroatoms. The summed E-state index contributed by atoms with van der Waals surface area (Å²) in [6.45, 7) is 0. The highest BCUT2D eigenvalue weighted by Gasteiger charge is 2.49. The molecule has 0 radical (unpaired) electrons. The Labute approximate surface area is 581 Å². The standard InChI is InChI=1S/2C33H3F12N9/c2*34-30(35,36)25-2-15(28(32(40,41)42)23(11-53)19(25)7-49)17(5-47)14-1-13(4-46)27(22(10-52)18(14)6-48)21(9-51)16-3-26(31(37,38)39)20(8-50)24(12-54)29(16)33(43,44)45/h2*1-3H/b17-14-,27-21+;17-14-,27-21-. The van der Waals surface area contributed by atoms with E-state index in [2.05, 4.69) is 0 Å². The minimum absolute atomic E-state index is 0.148. The topological polar surface area (TPSA) is 428 Å². The zero-order chi connectivity index (χ0) is 82.6. The van der Waals surface area contributed by atoms with Crippen LogP contribution in [0.1, 0.15) is 145 Å². The first kappa shape index (κ1) is 82.6. The third-order valence-electron chi connectivity index (χ3n) is 14.5. The van der Waals surface area contributed by atoms with Crippen LogP contribution in [0, 0.1) is 204 Å². The molecule has 0 saturated heterocycles. The second-order valence-corrected chi connectivity index (χ2v) is 20.1. The smallest absolute Gasteiger partial charge is 0.192 e. The first-order valence-electron chi connectivity index (χ1n) is 26.5. The summed E-state index contributed by atoms with van der Waals surface area (Å²) in [4.78, 5) is 0. The van der Waals surface area contributed by atoms with Crippen molar-refractivity contribution < 1.29 is 105 Å². The van der Waals surface area contributed by atoms with Crippen LogP contribution in [0.15, 0.2) is 36.4 Å². The molecule has 6 aromatic rings. The van der Waals surface area contributed by atoms with Gasteiger partial charge in [0.15, 0.2) is 0 Å². The van der Waals surface area contributed by atoms with Gasteiger partial charge in [-0.25, -0.2) is 0 Å². The number of alkyl halides is 24. The van der Waals surface area contributed by atoms with E-state index in [4.69, 9.17) is 0 Å². The number of hydrogen-bond acceptors (Lipinski definition) is 18. The van der Waals surface area contributed by atoms with E-state index in [1.807, 2.05) is 0 Å². The van der Waals surface area contributed by atoms with Crippen molar-refractivity contribution >= 4 is 22.3 Å². The van der Waals surface area contributed by atoms with E-state index in [1.165, 1.54) is 12.1 Å². The van der Waals surface area contributed by atoms with Crippen LogP contribution >= 0.6 is 0 Å². The van der Waals surface area contributed by atoms with Crippen molar-refractivity contribution in [3.05, 3.63) is 202 Å². The van der Waals surface area contributed by atoms with E-state index in [0.29, 0.717) is 0 Å². The Hall–Kier alpha value is -16.1. The van der Waals surface area contributed by atoms with Gasteiger partial charge in [-0.2, -0.15) is 200 Å². The van der Waals surface area contributed by atoms with E-state index in [-0.39, 0.29) is 12.1 Å². The van der Waals surface area contributed by atoms with Crippen LogP contribution in [-0.2, 0) is 49.4 Å². The van der Waals surface area contributed by atoms with Crippen molar-refractivity contribution in [2.75, 3.05) is 0 Å². The highest BCUT2D eigenvalue weighted by Crippen LogP contribution is 2.49. The molecule has 0 spiro atoms. The Morgan fingerprint density at radius 2 is 0.370 bits per heavy atom. The molecule has 0 amide bonds. The number of nitriles is 18. The van der Waals surface area contributed by atoms with Crippen molar-refractivity contribution in [2.24, 2.45) is 0 Å². The first-order valence-corrected chi connectivity index (χ1v) is 26.5. The molecular weight excluding hydrogens is 1500 g/mol. The van der Waals surface area contributed by atoms with Gasteiger partial charge in [0, 0.05) is 43.1 Å². The van der Waals surface area contributed by atoms with Crippen LogP contribution in [0.3, 0.4) is 0 Å². The van der Waals surface area contributed by atoms with Crippen molar-refractivity contribution in [1.29, 1.82) is 94.7 Å². The van der Waals surface area contributed by atoms with Crippen LogP contribution in [0.25, 0.3) is 22.3 Å². The fraction of sp³-hybridized carbons (Fsp3) is 0.121. The van der Waals surface area contributed by atoms with Gasteiger partial charge in [-0.05, 0) is 36.4 Å². The summed E-state index contributed by atoms with van der Waals surface area (Å²) in [6, 6.07) is 16.1. The number of hydrogen-bond donors (Lipinski definition) is 0. The van der Waals surface area contributed by atoms with Gasteiger partial charge in [0.25, 0.3) is 0 Å². The summed E-state index contributed by atoms with van der Waals surface area (Å²) in [6.07, 6.45) is -46.3. The summed E-state index contributed by atoms with van der Waals surface area (Å²) in [5, 5.41) is 169. The molecule has 0 aliphatic carbocycles. The lowest BCUT2D eigenvalue weighted by atomic mass is 9.84. The molecule has 0 N–H and O–H groups in total. The first-order chi connectivity index (χ1) is 50.0. The van der Waals surface area contributed by atoms with E-state index >= 15 is 0 Å². The zero-order valence-corrected chi connectivity index (χ0v) is 50.6. The zero-order valence-electron chi connectivity index (χ0n) is 50.6. The molecular formula is C66H6F24N18. The third kappa shape index (κ3) is 14.7. The summed E-state index contributed by atoms with van der Waals surface area (Å²) in [5.74, 6) is 0. The maximum atomic E-state index is 14.4. The molecule has 0 aliphatic rings. The molecule has 6 rings (SSSR count). The van der Waals surface area contributed by atoms with Gasteiger partial charge in [-0.3, -0.25) is 0 Å². The lowest BCUT2D eigenvalue weighted by Gasteiger charge is -2.20. The van der Waals surface area contributed by atoms with Crippen molar-refractivity contribution in [3.8, 4) is 109 Å². The number of halogens is 24. The Morgan fingerprint density at radius 1 is 0.194 bits per heavy atom. The summed E-state index contributed by atoms with van der Waals surface area (Å²) >= 11 is 0. The molecule has 0 aliphatic heterocycles. The van der Waals surface area contributed by atoms with Gasteiger partial charge in [0.05, 0.1) is 157 Å². The van der Waals surface area contributed by atoms with Crippen molar-refractivity contribution in [1.82, 2.24) is 0 Å². The second kappa shape index (κ2) is 29.5. The van der Waals surface area contributed by atoms with Gasteiger partial charge in [0.1, 0.15) is 97.1 Å². The van der Waals surface area contributed by atoms with Gasteiger partial charge in [-0.1, -0.05) is 0 Å². The lowest BCUT2D eigenvalue weighted by Crippen LogP contribution is -2.28. The fourth-order valence-electron chi connectivity index (χ4n) is 10.4. The highest BCUT2D eigenvalue weighted by atomic mass is 19.4. The molecule has 0 heterocycles. The van der Waals surface area contributed by atoms with Crippen LogP contribution < -0.4 is 20.9 Å². The SMILES string of the molecule is N#C/C(c1cc(C(F)(F)F)c(C#N)c(C#N)c1C(F)(F)F)=c1/c(C#N)c/c(=C(\C#N)c2cc(C(F)(F)F)c(C#N)c(C#N)c2C(F)(F)F)c(C#N)c1C#N.N#C/C(c1cc(C(F)(F)F)c(C#N)c(C#N)c1C(F)(F)F)=c1\cc(C#N)/c(=C(\C#N)c2cc(C(F)(F)F)c(C#N)c(C#N)c2C(F)(F)F)c(C#N)c1C#N. The van der Waals surface area contributed by atoms with Crippen LogP contribution in [0.2, 0.25) is 0 Å². The second-order valence-electron chi connectivity index (χ2n) is 20.1. The average Bonchev–Trinajstić information content (AvgIpc) is 0.741. The molecule has 0 aromatic heterocycles. The lowest BCUT2D eigenvalue weighted by molar-refractivity contribution is -0.141. The van der Waals surface area contributed by atoms with E-state index in [9.17, 15) is 200 Å². The largest absolute Gasteiger partial charge is 0.418 e. The van der Waals surface area contributed by atoms with Gasteiger partial charge in [-0.15, -0.1) is 0 Å². The molecule has 18 nitrogen and oxygen atoms in total. The minimum Gasteiger partial charge on any atom is -0.192 e. The summed E-state index contributed by atoms with van der Waals surface area (Å²) < 4.78 is 341. The summed E-state index contributed by atoms with van der Waals surface area (Å²) in [5.41, 5.74) is -56.3. The highest BCUT2D eigenvalue weighted by molar-refractivity contribution is 5.89. The van der Waals surface area contributed by atoms with Crippen molar-refractivity contribution in [3.63, 3.8) is 0 Å². The normalized spacial score (nSPS) is 12.5. The van der Waals surface area contributed by atoms with Crippen LogP contribution in [0.4, 0.5) is 105 Å². The average molecular weight is 1510 g/mol. The van der Waals surface area contributed by atoms with E-state index in [1.54, 1.807) is 0 Å². The Kier molecular flexibility index (Phi) is 22.6. The van der Waals surface area contributed by atoms with Crippen LogP contribution in [0.5, 0.6) is 0 Å². The molecule has 0 fully saturated rings. The predicted molar refractivity (Wildman–Crippen MR) is 296 cm³/mol.